The first kappa shape index (κ1) is 17.7. The van der Waals surface area contributed by atoms with Crippen LogP contribution in [0.3, 0.4) is 0 Å². The lowest BCUT2D eigenvalue weighted by Gasteiger charge is -2.20. The monoisotopic (exact) mass is 360 g/mol. The van der Waals surface area contributed by atoms with Crippen LogP contribution in [0.5, 0.6) is 0 Å². The fraction of sp³-hybridized carbons (Fsp3) is 0.143. The molecule has 0 atom stereocenters. The average Bonchev–Trinajstić information content (AvgIpc) is 2.53. The minimum atomic E-state index is -4.60. The number of non-ortho nitro benzene ring substituents is 1. The van der Waals surface area contributed by atoms with Crippen molar-refractivity contribution in [2.24, 2.45) is 0 Å². The molecule has 2 aromatic rings. The fourth-order valence-electron chi connectivity index (χ4n) is 1.91. The number of hydrogen-bond donors (Lipinski definition) is 0. The SMILES string of the molecule is CN(c1cccc(C(F)(F)F)c1)S(=O)(=O)c1ccc([N+](=O)[O-])cc1. The second-order valence-electron chi connectivity index (χ2n) is 4.77. The molecule has 0 fully saturated rings. The Morgan fingerprint density at radius 2 is 1.67 bits per heavy atom. The Morgan fingerprint density at radius 3 is 2.17 bits per heavy atom. The van der Waals surface area contributed by atoms with Crippen LogP contribution in [0, 0.1) is 10.1 Å². The van der Waals surface area contributed by atoms with Gasteiger partial charge < -0.3 is 0 Å². The molecule has 2 aromatic carbocycles. The Morgan fingerprint density at radius 1 is 1.08 bits per heavy atom. The van der Waals surface area contributed by atoms with Gasteiger partial charge in [0.15, 0.2) is 0 Å². The topological polar surface area (TPSA) is 80.5 Å². The zero-order chi connectivity index (χ0) is 18.1. The van der Waals surface area contributed by atoms with E-state index in [9.17, 15) is 31.7 Å². The van der Waals surface area contributed by atoms with Gasteiger partial charge in [-0.2, -0.15) is 13.2 Å². The van der Waals surface area contributed by atoms with Gasteiger partial charge >= 0.3 is 6.18 Å². The van der Waals surface area contributed by atoms with Crippen molar-refractivity contribution in [3.05, 3.63) is 64.2 Å². The van der Waals surface area contributed by atoms with Crippen molar-refractivity contribution in [1.29, 1.82) is 0 Å². The highest BCUT2D eigenvalue weighted by Crippen LogP contribution is 2.32. The van der Waals surface area contributed by atoms with Crippen molar-refractivity contribution >= 4 is 21.4 Å². The molecule has 128 valence electrons. The third-order valence-corrected chi connectivity index (χ3v) is 5.04. The van der Waals surface area contributed by atoms with Crippen LogP contribution in [0.2, 0.25) is 0 Å². The van der Waals surface area contributed by atoms with Gasteiger partial charge in [-0.15, -0.1) is 0 Å². The summed E-state index contributed by atoms with van der Waals surface area (Å²) in [5.41, 5.74) is -1.45. The van der Waals surface area contributed by atoms with E-state index in [2.05, 4.69) is 0 Å². The van der Waals surface area contributed by atoms with Gasteiger partial charge in [-0.3, -0.25) is 14.4 Å². The minimum Gasteiger partial charge on any atom is -0.269 e. The summed E-state index contributed by atoms with van der Waals surface area (Å²) in [6.45, 7) is 0. The number of alkyl halides is 3. The molecule has 0 heterocycles. The number of nitro groups is 1. The molecule has 0 amide bonds. The normalized spacial score (nSPS) is 12.0. The first-order chi connectivity index (χ1) is 11.0. The highest BCUT2D eigenvalue weighted by molar-refractivity contribution is 7.92. The van der Waals surface area contributed by atoms with Gasteiger partial charge in [0.25, 0.3) is 15.7 Å². The van der Waals surface area contributed by atoms with Gasteiger partial charge in [0, 0.05) is 19.2 Å². The second kappa shape index (κ2) is 6.11. The van der Waals surface area contributed by atoms with Gasteiger partial charge in [-0.05, 0) is 30.3 Å². The highest BCUT2D eigenvalue weighted by atomic mass is 32.2. The zero-order valence-corrected chi connectivity index (χ0v) is 13.0. The Hall–Kier alpha value is -2.62. The van der Waals surface area contributed by atoms with Gasteiger partial charge in [0.2, 0.25) is 0 Å². The Bertz CT molecular complexity index is 864. The first-order valence-corrected chi connectivity index (χ1v) is 7.88. The predicted molar refractivity (Wildman–Crippen MR) is 80.1 cm³/mol. The van der Waals surface area contributed by atoms with E-state index >= 15 is 0 Å². The zero-order valence-electron chi connectivity index (χ0n) is 12.2. The fourth-order valence-corrected chi connectivity index (χ4v) is 3.10. The summed E-state index contributed by atoms with van der Waals surface area (Å²) in [5.74, 6) is 0. The van der Waals surface area contributed by atoms with Crippen LogP contribution in [-0.4, -0.2) is 20.4 Å². The van der Waals surface area contributed by atoms with E-state index in [1.807, 2.05) is 0 Å². The smallest absolute Gasteiger partial charge is 0.269 e. The summed E-state index contributed by atoms with van der Waals surface area (Å²) in [6, 6.07) is 7.92. The first-order valence-electron chi connectivity index (χ1n) is 6.44. The Kier molecular flexibility index (Phi) is 4.52. The van der Waals surface area contributed by atoms with E-state index in [0.29, 0.717) is 10.4 Å². The number of sulfonamides is 1. The molecule has 0 unspecified atom stereocenters. The summed E-state index contributed by atoms with van der Waals surface area (Å²) >= 11 is 0. The van der Waals surface area contributed by atoms with E-state index in [1.54, 1.807) is 0 Å². The van der Waals surface area contributed by atoms with Crippen LogP contribution in [-0.2, 0) is 16.2 Å². The molecule has 6 nitrogen and oxygen atoms in total. The molecule has 0 aliphatic heterocycles. The van der Waals surface area contributed by atoms with Crippen molar-refractivity contribution in [3.8, 4) is 0 Å². The molecule has 2 rings (SSSR count). The quantitative estimate of drug-likeness (QED) is 0.618. The van der Waals surface area contributed by atoms with E-state index in [0.717, 1.165) is 43.4 Å². The molecule has 10 heteroatoms. The van der Waals surface area contributed by atoms with E-state index in [4.69, 9.17) is 0 Å². The highest BCUT2D eigenvalue weighted by Gasteiger charge is 2.31. The van der Waals surface area contributed by atoms with Crippen LogP contribution in [0.15, 0.2) is 53.4 Å². The van der Waals surface area contributed by atoms with Crippen molar-refractivity contribution in [2.75, 3.05) is 11.4 Å². The minimum absolute atomic E-state index is 0.178. The summed E-state index contributed by atoms with van der Waals surface area (Å²) < 4.78 is 63.8. The Balaban J connectivity index is 2.40. The molecule has 0 radical (unpaired) electrons. The average molecular weight is 360 g/mol. The number of hydrogen-bond acceptors (Lipinski definition) is 4. The number of anilines is 1. The number of nitro benzene ring substituents is 1. The standard InChI is InChI=1S/C14H11F3N2O4S/c1-18(12-4-2-3-10(9-12)14(15,16)17)24(22,23)13-7-5-11(6-8-13)19(20)21/h2-9H,1H3. The van der Waals surface area contributed by atoms with Gasteiger partial charge in [-0.25, -0.2) is 8.42 Å². The summed E-state index contributed by atoms with van der Waals surface area (Å²) in [5, 5.41) is 10.6. The van der Waals surface area contributed by atoms with E-state index in [-0.39, 0.29) is 16.3 Å². The van der Waals surface area contributed by atoms with Crippen LogP contribution >= 0.6 is 0 Å². The van der Waals surface area contributed by atoms with E-state index < -0.39 is 26.7 Å². The molecular formula is C14H11F3N2O4S. The molecule has 0 N–H and O–H groups in total. The van der Waals surface area contributed by atoms with E-state index in [1.165, 1.54) is 6.07 Å². The van der Waals surface area contributed by atoms with Crippen LogP contribution in [0.25, 0.3) is 0 Å². The summed E-state index contributed by atoms with van der Waals surface area (Å²) in [4.78, 5) is 9.63. The molecule has 0 bridgehead atoms. The maximum Gasteiger partial charge on any atom is 0.416 e. The van der Waals surface area contributed by atoms with Gasteiger partial charge in [0.1, 0.15) is 0 Å². The summed E-state index contributed by atoms with van der Waals surface area (Å²) in [7, 11) is -3.05. The largest absolute Gasteiger partial charge is 0.416 e. The van der Waals surface area contributed by atoms with Gasteiger partial charge in [-0.1, -0.05) is 6.07 Å². The lowest BCUT2D eigenvalue weighted by atomic mass is 10.2. The molecule has 0 aliphatic rings. The third-order valence-electron chi connectivity index (χ3n) is 3.24. The number of rotatable bonds is 4. The van der Waals surface area contributed by atoms with Crippen LogP contribution in [0.1, 0.15) is 5.56 Å². The number of nitrogens with zero attached hydrogens (tertiary/aromatic N) is 2. The van der Waals surface area contributed by atoms with Crippen LogP contribution < -0.4 is 4.31 Å². The van der Waals surface area contributed by atoms with Crippen molar-refractivity contribution in [1.82, 2.24) is 0 Å². The van der Waals surface area contributed by atoms with Gasteiger partial charge in [0.05, 0.1) is 21.1 Å². The predicted octanol–water partition coefficient (Wildman–Crippen LogP) is 3.44. The van der Waals surface area contributed by atoms with Crippen LogP contribution in [0.4, 0.5) is 24.5 Å². The van der Waals surface area contributed by atoms with Crippen molar-refractivity contribution in [3.63, 3.8) is 0 Å². The van der Waals surface area contributed by atoms with Crippen molar-refractivity contribution in [2.45, 2.75) is 11.1 Å². The second-order valence-corrected chi connectivity index (χ2v) is 6.74. The third kappa shape index (κ3) is 3.48. The molecule has 24 heavy (non-hydrogen) atoms. The maximum absolute atomic E-state index is 12.7. The molecular weight excluding hydrogens is 349 g/mol. The number of halogens is 3. The lowest BCUT2D eigenvalue weighted by Crippen LogP contribution is -2.26. The molecule has 0 saturated heterocycles. The summed E-state index contributed by atoms with van der Waals surface area (Å²) in [6.07, 6.45) is -4.60. The lowest BCUT2D eigenvalue weighted by molar-refractivity contribution is -0.384. The molecule has 0 aromatic heterocycles. The van der Waals surface area contributed by atoms with Crippen molar-refractivity contribution < 1.29 is 26.5 Å². The maximum atomic E-state index is 12.7. The Labute approximate surface area is 135 Å². The molecule has 0 aliphatic carbocycles. The number of benzene rings is 2. The molecule has 0 spiro atoms. The molecule has 0 saturated carbocycles.